The second-order valence-electron chi connectivity index (χ2n) is 4.98. The summed E-state index contributed by atoms with van der Waals surface area (Å²) in [6, 6.07) is 4.09. The van der Waals surface area contributed by atoms with Crippen molar-refractivity contribution in [2.75, 3.05) is 12.9 Å². The number of thioether (sulfide) groups is 1. The first-order valence-electron chi connectivity index (χ1n) is 7.30. The van der Waals surface area contributed by atoms with Crippen LogP contribution in [0.15, 0.2) is 40.4 Å². The van der Waals surface area contributed by atoms with Crippen LogP contribution in [0.3, 0.4) is 0 Å². The van der Waals surface area contributed by atoms with Crippen molar-refractivity contribution < 1.29 is 22.7 Å². The average molecular weight is 372 g/mol. The molecule has 0 atom stereocenters. The summed E-state index contributed by atoms with van der Waals surface area (Å²) in [5.41, 5.74) is -1.62. The zero-order valence-corrected chi connectivity index (χ0v) is 14.3. The molecule has 0 bridgehead atoms. The van der Waals surface area contributed by atoms with E-state index in [1.54, 1.807) is 0 Å². The Morgan fingerprint density at radius 3 is 2.44 bits per heavy atom. The van der Waals surface area contributed by atoms with Gasteiger partial charge in [0.1, 0.15) is 5.56 Å². The highest BCUT2D eigenvalue weighted by Gasteiger charge is 2.30. The number of carbonyl (C=O) groups is 1. The Kier molecular flexibility index (Phi) is 5.89. The van der Waals surface area contributed by atoms with Gasteiger partial charge in [-0.15, -0.1) is 0 Å². The van der Waals surface area contributed by atoms with E-state index >= 15 is 0 Å². The van der Waals surface area contributed by atoms with Crippen LogP contribution in [0.5, 0.6) is 0 Å². The Bertz CT molecular complexity index is 817. The first-order valence-corrected chi connectivity index (χ1v) is 8.29. The van der Waals surface area contributed by atoms with Crippen LogP contribution in [0.2, 0.25) is 0 Å². The molecular formula is C16H15F3N2O3S. The molecule has 1 heterocycles. The number of halogens is 3. The van der Waals surface area contributed by atoms with E-state index in [2.05, 4.69) is 9.72 Å². The molecule has 25 heavy (non-hydrogen) atoms. The zero-order valence-electron chi connectivity index (χ0n) is 13.5. The molecule has 5 nitrogen and oxygen atoms in total. The predicted octanol–water partition coefficient (Wildman–Crippen LogP) is 3.54. The smallest absolute Gasteiger partial charge is 0.416 e. The molecule has 0 unspecified atom stereocenters. The van der Waals surface area contributed by atoms with Crippen molar-refractivity contribution in [2.45, 2.75) is 24.7 Å². The molecule has 0 spiro atoms. The summed E-state index contributed by atoms with van der Waals surface area (Å²) < 4.78 is 43.8. The van der Waals surface area contributed by atoms with Gasteiger partial charge in [-0.05, 0) is 30.7 Å². The first-order chi connectivity index (χ1) is 11.8. The second-order valence-corrected chi connectivity index (χ2v) is 6.04. The number of benzene rings is 1. The average Bonchev–Trinajstić information content (AvgIpc) is 2.58. The fraction of sp³-hybridized carbons (Fsp3) is 0.312. The third-order valence-corrected chi connectivity index (χ3v) is 4.38. The topological polar surface area (TPSA) is 61.2 Å². The summed E-state index contributed by atoms with van der Waals surface area (Å²) in [6.07, 6.45) is -2.55. The Morgan fingerprint density at radius 2 is 1.92 bits per heavy atom. The molecule has 0 aliphatic carbocycles. The van der Waals surface area contributed by atoms with Crippen LogP contribution in [0.4, 0.5) is 13.2 Å². The van der Waals surface area contributed by atoms with Gasteiger partial charge in [0.05, 0.1) is 24.6 Å². The van der Waals surface area contributed by atoms with Crippen molar-refractivity contribution >= 4 is 17.7 Å². The van der Waals surface area contributed by atoms with Crippen molar-refractivity contribution in [2.24, 2.45) is 0 Å². The van der Waals surface area contributed by atoms with Gasteiger partial charge in [0.25, 0.3) is 5.56 Å². The zero-order chi connectivity index (χ0) is 18.6. The normalized spacial score (nSPS) is 11.4. The minimum Gasteiger partial charge on any atom is -0.465 e. The molecule has 0 saturated carbocycles. The van der Waals surface area contributed by atoms with Crippen LogP contribution in [0.1, 0.15) is 29.3 Å². The second kappa shape index (κ2) is 7.73. The fourth-order valence-corrected chi connectivity index (χ4v) is 2.84. The predicted molar refractivity (Wildman–Crippen MR) is 87.2 cm³/mol. The van der Waals surface area contributed by atoms with Crippen LogP contribution in [-0.2, 0) is 10.9 Å². The first kappa shape index (κ1) is 19.0. The van der Waals surface area contributed by atoms with E-state index in [1.807, 2.05) is 6.92 Å². The molecule has 9 heteroatoms. The van der Waals surface area contributed by atoms with Gasteiger partial charge in [-0.25, -0.2) is 9.78 Å². The number of ether oxygens (including phenoxy) is 1. The van der Waals surface area contributed by atoms with Crippen molar-refractivity contribution in [1.29, 1.82) is 0 Å². The maximum Gasteiger partial charge on any atom is 0.416 e. The van der Waals surface area contributed by atoms with Crippen LogP contribution in [-0.4, -0.2) is 28.4 Å². The van der Waals surface area contributed by atoms with E-state index in [4.69, 9.17) is 0 Å². The Balaban J connectivity index is 2.59. The summed E-state index contributed by atoms with van der Waals surface area (Å²) >= 11 is 1.27. The Hall–Kier alpha value is -2.29. The van der Waals surface area contributed by atoms with Gasteiger partial charge in [0.2, 0.25) is 0 Å². The number of esters is 1. The lowest BCUT2D eigenvalue weighted by Gasteiger charge is -2.13. The lowest BCUT2D eigenvalue weighted by molar-refractivity contribution is -0.137. The van der Waals surface area contributed by atoms with Gasteiger partial charge in [-0.3, -0.25) is 9.36 Å². The maximum absolute atomic E-state index is 12.7. The molecule has 0 fully saturated rings. The van der Waals surface area contributed by atoms with Crippen molar-refractivity contribution in [3.05, 3.63) is 51.9 Å². The standard InChI is InChI=1S/C16H15F3N2O3S/c1-3-8-25-15-20-9-12(14(23)24-2)13(22)21(15)11-6-4-10(5-7-11)16(17,18)19/h4-7,9H,3,8H2,1-2H3. The molecule has 2 rings (SSSR count). The van der Waals surface area contributed by atoms with Gasteiger partial charge in [-0.2, -0.15) is 13.2 Å². The Morgan fingerprint density at radius 1 is 1.28 bits per heavy atom. The lowest BCUT2D eigenvalue weighted by Crippen LogP contribution is -2.28. The number of aromatic nitrogens is 2. The number of methoxy groups -OCH3 is 1. The number of nitrogens with zero attached hydrogens (tertiary/aromatic N) is 2. The monoisotopic (exact) mass is 372 g/mol. The van der Waals surface area contributed by atoms with Crippen molar-refractivity contribution in [3.8, 4) is 5.69 Å². The van der Waals surface area contributed by atoms with E-state index in [0.29, 0.717) is 10.9 Å². The van der Waals surface area contributed by atoms with Gasteiger partial charge < -0.3 is 4.74 Å². The minimum atomic E-state index is -4.48. The number of hydrogen-bond acceptors (Lipinski definition) is 5. The van der Waals surface area contributed by atoms with E-state index in [-0.39, 0.29) is 11.3 Å². The molecule has 0 radical (unpaired) electrons. The molecule has 134 valence electrons. The quantitative estimate of drug-likeness (QED) is 0.456. The molecule has 0 saturated heterocycles. The van der Waals surface area contributed by atoms with E-state index in [1.165, 1.54) is 23.9 Å². The highest BCUT2D eigenvalue weighted by Crippen LogP contribution is 2.30. The van der Waals surface area contributed by atoms with Gasteiger partial charge in [-0.1, -0.05) is 18.7 Å². The SMILES string of the molecule is CCCSc1ncc(C(=O)OC)c(=O)n1-c1ccc(C(F)(F)F)cc1. The molecule has 0 N–H and O–H groups in total. The lowest BCUT2D eigenvalue weighted by atomic mass is 10.2. The third-order valence-electron chi connectivity index (χ3n) is 3.22. The highest BCUT2D eigenvalue weighted by molar-refractivity contribution is 7.99. The summed E-state index contributed by atoms with van der Waals surface area (Å²) in [6.45, 7) is 1.94. The molecule has 0 aliphatic rings. The van der Waals surface area contributed by atoms with Crippen LogP contribution < -0.4 is 5.56 Å². The van der Waals surface area contributed by atoms with Crippen LogP contribution >= 0.6 is 11.8 Å². The molecule has 1 aromatic carbocycles. The highest BCUT2D eigenvalue weighted by atomic mass is 32.2. The van der Waals surface area contributed by atoms with Gasteiger partial charge in [0.15, 0.2) is 5.16 Å². The van der Waals surface area contributed by atoms with E-state index < -0.39 is 23.3 Å². The Labute approximate surface area is 145 Å². The summed E-state index contributed by atoms with van der Waals surface area (Å²) in [5.74, 6) is -0.199. The van der Waals surface area contributed by atoms with Crippen LogP contribution in [0.25, 0.3) is 5.69 Å². The van der Waals surface area contributed by atoms with Gasteiger partial charge in [0, 0.05) is 5.75 Å². The van der Waals surface area contributed by atoms with Crippen molar-refractivity contribution in [1.82, 2.24) is 9.55 Å². The number of carbonyl (C=O) groups excluding carboxylic acids is 1. The minimum absolute atomic E-state index is 0.190. The molecule has 1 aromatic heterocycles. The number of rotatable bonds is 5. The summed E-state index contributed by atoms with van der Waals surface area (Å²) in [5, 5.41) is 0.291. The number of hydrogen-bond donors (Lipinski definition) is 0. The van der Waals surface area contributed by atoms with Gasteiger partial charge >= 0.3 is 12.1 Å². The van der Waals surface area contributed by atoms with E-state index in [0.717, 1.165) is 36.4 Å². The maximum atomic E-state index is 12.7. The van der Waals surface area contributed by atoms with Crippen molar-refractivity contribution in [3.63, 3.8) is 0 Å². The molecule has 2 aromatic rings. The molecular weight excluding hydrogens is 357 g/mol. The largest absolute Gasteiger partial charge is 0.465 e. The summed E-state index contributed by atoms with van der Waals surface area (Å²) in [4.78, 5) is 28.4. The summed E-state index contributed by atoms with van der Waals surface area (Å²) in [7, 11) is 1.13. The van der Waals surface area contributed by atoms with E-state index in [9.17, 15) is 22.8 Å². The van der Waals surface area contributed by atoms with Crippen LogP contribution in [0, 0.1) is 0 Å². The fourth-order valence-electron chi connectivity index (χ4n) is 2.01. The molecule has 0 amide bonds. The number of alkyl halides is 3. The third kappa shape index (κ3) is 4.22. The molecule has 0 aliphatic heterocycles.